The minimum Gasteiger partial charge on any atom is -0.383 e. The van der Waals surface area contributed by atoms with Crippen molar-refractivity contribution in [3.63, 3.8) is 0 Å². The third-order valence-electron chi connectivity index (χ3n) is 2.23. The van der Waals surface area contributed by atoms with Crippen molar-refractivity contribution in [1.82, 2.24) is 0 Å². The van der Waals surface area contributed by atoms with Crippen molar-refractivity contribution < 1.29 is 0 Å². The Kier molecular flexibility index (Phi) is 5.40. The van der Waals surface area contributed by atoms with Crippen LogP contribution in [0, 0.1) is 0 Å². The summed E-state index contributed by atoms with van der Waals surface area (Å²) in [4.78, 5) is 2.14. The number of para-hydroxylation sites is 2. The zero-order chi connectivity index (χ0) is 11.1. The lowest BCUT2D eigenvalue weighted by atomic mass is 10.2. The number of nitrogens with zero attached hydrogens (tertiary/aromatic N) is 1. The molecule has 0 aromatic heterocycles. The van der Waals surface area contributed by atoms with Crippen LogP contribution in [0.3, 0.4) is 0 Å². The summed E-state index contributed by atoms with van der Waals surface area (Å²) < 4.78 is 0. The molecular weight excluding hydrogens is 204 g/mol. The van der Waals surface area contributed by atoms with E-state index in [9.17, 15) is 0 Å². The molecule has 3 heteroatoms. The Balaban J connectivity index is 2.52. The van der Waals surface area contributed by atoms with E-state index in [2.05, 4.69) is 54.8 Å². The number of benzene rings is 1. The van der Waals surface area contributed by atoms with Gasteiger partial charge in [-0.3, -0.25) is 0 Å². The number of thioether (sulfide) groups is 1. The molecule has 2 nitrogen and oxygen atoms in total. The topological polar surface area (TPSA) is 15.3 Å². The summed E-state index contributed by atoms with van der Waals surface area (Å²) in [5.41, 5.74) is 2.48. The highest BCUT2D eigenvalue weighted by Gasteiger charge is 2.01. The van der Waals surface area contributed by atoms with E-state index in [1.165, 1.54) is 23.5 Å². The molecule has 0 aliphatic rings. The summed E-state index contributed by atoms with van der Waals surface area (Å²) in [6, 6.07) is 8.41. The van der Waals surface area contributed by atoms with Gasteiger partial charge in [0.15, 0.2) is 0 Å². The van der Waals surface area contributed by atoms with Crippen molar-refractivity contribution in [2.24, 2.45) is 0 Å². The molecule has 0 radical (unpaired) electrons. The van der Waals surface area contributed by atoms with Crippen LogP contribution in [0.2, 0.25) is 0 Å². The van der Waals surface area contributed by atoms with Crippen molar-refractivity contribution >= 4 is 23.1 Å². The molecule has 0 bridgehead atoms. The van der Waals surface area contributed by atoms with E-state index in [1.54, 1.807) is 0 Å². The standard InChI is InChI=1S/C12H20N2S/c1-14(2)12-8-5-4-7-11(12)13-9-6-10-15-3/h4-5,7-8,13H,6,9-10H2,1-3H3. The third kappa shape index (κ3) is 4.04. The van der Waals surface area contributed by atoms with E-state index in [0.29, 0.717) is 0 Å². The van der Waals surface area contributed by atoms with E-state index in [1.807, 2.05) is 11.8 Å². The van der Waals surface area contributed by atoms with Crippen molar-refractivity contribution in [3.8, 4) is 0 Å². The average molecular weight is 224 g/mol. The van der Waals surface area contributed by atoms with Gasteiger partial charge in [-0.15, -0.1) is 0 Å². The molecule has 0 saturated heterocycles. The van der Waals surface area contributed by atoms with Gasteiger partial charge in [-0.2, -0.15) is 11.8 Å². The molecule has 0 amide bonds. The highest BCUT2D eigenvalue weighted by Crippen LogP contribution is 2.23. The molecule has 1 rings (SSSR count). The average Bonchev–Trinajstić information content (AvgIpc) is 2.25. The molecule has 15 heavy (non-hydrogen) atoms. The lowest BCUT2D eigenvalue weighted by molar-refractivity contribution is 0.989. The third-order valence-corrected chi connectivity index (χ3v) is 2.92. The van der Waals surface area contributed by atoms with Gasteiger partial charge in [0.05, 0.1) is 11.4 Å². The number of hydrogen-bond acceptors (Lipinski definition) is 3. The molecule has 0 aliphatic carbocycles. The summed E-state index contributed by atoms with van der Waals surface area (Å²) in [6.07, 6.45) is 3.36. The summed E-state index contributed by atoms with van der Waals surface area (Å²) in [7, 11) is 4.14. The lowest BCUT2D eigenvalue weighted by Gasteiger charge is -2.18. The van der Waals surface area contributed by atoms with Gasteiger partial charge in [0.25, 0.3) is 0 Å². The normalized spacial score (nSPS) is 10.1. The second-order valence-electron chi connectivity index (χ2n) is 3.68. The molecule has 1 aromatic rings. The quantitative estimate of drug-likeness (QED) is 0.748. The first kappa shape index (κ1) is 12.2. The van der Waals surface area contributed by atoms with Crippen LogP contribution in [-0.2, 0) is 0 Å². The fraction of sp³-hybridized carbons (Fsp3) is 0.500. The van der Waals surface area contributed by atoms with Gasteiger partial charge >= 0.3 is 0 Å². The van der Waals surface area contributed by atoms with Crippen LogP contribution in [0.15, 0.2) is 24.3 Å². The lowest BCUT2D eigenvalue weighted by Crippen LogP contribution is -2.12. The molecule has 0 atom stereocenters. The molecule has 0 aliphatic heterocycles. The van der Waals surface area contributed by atoms with Crippen LogP contribution in [0.25, 0.3) is 0 Å². The Morgan fingerprint density at radius 1 is 1.27 bits per heavy atom. The molecule has 84 valence electrons. The predicted molar refractivity (Wildman–Crippen MR) is 72.3 cm³/mol. The maximum absolute atomic E-state index is 3.47. The van der Waals surface area contributed by atoms with Crippen LogP contribution in [0.4, 0.5) is 11.4 Å². The Bertz CT molecular complexity index is 287. The summed E-state index contributed by atoms with van der Waals surface area (Å²) in [5, 5.41) is 3.47. The van der Waals surface area contributed by atoms with Gasteiger partial charge < -0.3 is 10.2 Å². The predicted octanol–water partition coefficient (Wildman–Crippen LogP) is 2.92. The first-order chi connectivity index (χ1) is 7.25. The molecule has 0 saturated carbocycles. The highest BCUT2D eigenvalue weighted by molar-refractivity contribution is 7.98. The van der Waals surface area contributed by atoms with E-state index in [0.717, 1.165) is 6.54 Å². The Hall–Kier alpha value is -0.830. The fourth-order valence-corrected chi connectivity index (χ4v) is 1.89. The van der Waals surface area contributed by atoms with Crippen molar-refractivity contribution in [2.75, 3.05) is 42.9 Å². The van der Waals surface area contributed by atoms with Crippen molar-refractivity contribution in [2.45, 2.75) is 6.42 Å². The van der Waals surface area contributed by atoms with Crippen LogP contribution in [0.1, 0.15) is 6.42 Å². The molecule has 0 spiro atoms. The van der Waals surface area contributed by atoms with Gasteiger partial charge in [-0.25, -0.2) is 0 Å². The SMILES string of the molecule is CSCCCNc1ccccc1N(C)C. The summed E-state index contributed by atoms with van der Waals surface area (Å²) >= 11 is 1.90. The largest absolute Gasteiger partial charge is 0.383 e. The van der Waals surface area contributed by atoms with Gasteiger partial charge in [0, 0.05) is 20.6 Å². The minimum atomic E-state index is 1.05. The zero-order valence-corrected chi connectivity index (χ0v) is 10.6. The van der Waals surface area contributed by atoms with Crippen molar-refractivity contribution in [3.05, 3.63) is 24.3 Å². The Morgan fingerprint density at radius 3 is 2.67 bits per heavy atom. The molecule has 1 N–H and O–H groups in total. The maximum Gasteiger partial charge on any atom is 0.0596 e. The fourth-order valence-electron chi connectivity index (χ4n) is 1.45. The van der Waals surface area contributed by atoms with Gasteiger partial charge in [-0.1, -0.05) is 12.1 Å². The Morgan fingerprint density at radius 2 is 2.00 bits per heavy atom. The summed E-state index contributed by atoms with van der Waals surface area (Å²) in [5.74, 6) is 1.22. The maximum atomic E-state index is 3.47. The highest BCUT2D eigenvalue weighted by atomic mass is 32.2. The Labute approximate surface area is 97.1 Å². The van der Waals surface area contributed by atoms with E-state index >= 15 is 0 Å². The van der Waals surface area contributed by atoms with Crippen LogP contribution >= 0.6 is 11.8 Å². The molecule has 0 unspecified atom stereocenters. The first-order valence-electron chi connectivity index (χ1n) is 5.25. The van der Waals surface area contributed by atoms with Crippen molar-refractivity contribution in [1.29, 1.82) is 0 Å². The van der Waals surface area contributed by atoms with Crippen LogP contribution < -0.4 is 10.2 Å². The molecular formula is C12H20N2S. The smallest absolute Gasteiger partial charge is 0.0596 e. The zero-order valence-electron chi connectivity index (χ0n) is 9.79. The first-order valence-corrected chi connectivity index (χ1v) is 6.64. The van der Waals surface area contributed by atoms with E-state index in [-0.39, 0.29) is 0 Å². The van der Waals surface area contributed by atoms with E-state index < -0.39 is 0 Å². The van der Waals surface area contributed by atoms with E-state index in [4.69, 9.17) is 0 Å². The molecule has 0 heterocycles. The monoisotopic (exact) mass is 224 g/mol. The van der Waals surface area contributed by atoms with Crippen LogP contribution in [0.5, 0.6) is 0 Å². The molecule has 1 aromatic carbocycles. The van der Waals surface area contributed by atoms with Crippen LogP contribution in [-0.4, -0.2) is 32.6 Å². The second kappa shape index (κ2) is 6.62. The molecule has 0 fully saturated rings. The summed E-state index contributed by atoms with van der Waals surface area (Å²) in [6.45, 7) is 1.05. The number of hydrogen-bond donors (Lipinski definition) is 1. The number of nitrogens with one attached hydrogen (secondary N) is 1. The van der Waals surface area contributed by atoms with Gasteiger partial charge in [0.2, 0.25) is 0 Å². The minimum absolute atomic E-state index is 1.05. The number of anilines is 2. The van der Waals surface area contributed by atoms with Gasteiger partial charge in [0.1, 0.15) is 0 Å². The number of rotatable bonds is 6. The second-order valence-corrected chi connectivity index (χ2v) is 4.67. The van der Waals surface area contributed by atoms with Gasteiger partial charge in [-0.05, 0) is 30.6 Å².